The van der Waals surface area contributed by atoms with E-state index in [9.17, 15) is 14.4 Å². The molecule has 0 aromatic heterocycles. The highest BCUT2D eigenvalue weighted by atomic mass is 16.2. The van der Waals surface area contributed by atoms with Crippen molar-refractivity contribution >= 4 is 23.4 Å². The van der Waals surface area contributed by atoms with Crippen molar-refractivity contribution in [3.05, 3.63) is 71.8 Å². The van der Waals surface area contributed by atoms with Gasteiger partial charge in [0.1, 0.15) is 11.5 Å². The number of carbonyl (C=O) groups is 3. The monoisotopic (exact) mass is 503 g/mol. The molecule has 4 rings (SSSR count). The molecular weight excluding hydrogens is 466 g/mol. The number of carbonyl (C=O) groups excluding carboxylic acids is 3. The Morgan fingerprint density at radius 3 is 2.32 bits per heavy atom. The number of likely N-dealkylation sites (tertiary alicyclic amines) is 1. The van der Waals surface area contributed by atoms with Gasteiger partial charge in [-0.1, -0.05) is 60.7 Å². The minimum Gasteiger partial charge on any atom is -0.343 e. The third-order valence-corrected chi connectivity index (χ3v) is 7.26. The van der Waals surface area contributed by atoms with Gasteiger partial charge in [0.2, 0.25) is 11.8 Å². The maximum Gasteiger partial charge on any atom is 0.256 e. The van der Waals surface area contributed by atoms with E-state index in [1.807, 2.05) is 48.5 Å². The zero-order valence-corrected chi connectivity index (χ0v) is 21.9. The molecule has 2 aromatic rings. The largest absolute Gasteiger partial charge is 0.343 e. The summed E-state index contributed by atoms with van der Waals surface area (Å²) in [5.41, 5.74) is 7.05. The van der Waals surface area contributed by atoms with Crippen molar-refractivity contribution in [3.63, 3.8) is 0 Å². The molecule has 0 radical (unpaired) electrons. The molecule has 1 saturated heterocycles. The van der Waals surface area contributed by atoms with Crippen molar-refractivity contribution in [2.75, 3.05) is 20.1 Å². The van der Waals surface area contributed by atoms with Crippen LogP contribution in [0.4, 0.5) is 0 Å². The van der Waals surface area contributed by atoms with Crippen LogP contribution in [0.1, 0.15) is 44.2 Å². The fourth-order valence-electron chi connectivity index (χ4n) is 5.19. The summed E-state index contributed by atoms with van der Waals surface area (Å²) in [4.78, 5) is 41.8. The van der Waals surface area contributed by atoms with Crippen molar-refractivity contribution in [1.82, 2.24) is 15.2 Å². The Hall–Kier alpha value is -3.52. The molecule has 0 bridgehead atoms. The Balaban J connectivity index is 1.54. The van der Waals surface area contributed by atoms with Crippen LogP contribution < -0.4 is 11.1 Å². The van der Waals surface area contributed by atoms with E-state index in [2.05, 4.69) is 22.6 Å². The van der Waals surface area contributed by atoms with Crippen LogP contribution in [0.25, 0.3) is 0 Å². The van der Waals surface area contributed by atoms with Crippen LogP contribution in [0, 0.1) is 5.41 Å². The predicted molar refractivity (Wildman–Crippen MR) is 144 cm³/mol. The number of nitrogens with one attached hydrogen (secondary N) is 1. The third kappa shape index (κ3) is 5.91. The van der Waals surface area contributed by atoms with Crippen LogP contribution in [-0.4, -0.2) is 65.1 Å². The smallest absolute Gasteiger partial charge is 0.256 e. The number of hydrogen-bond donors (Lipinski definition) is 2. The number of amides is 3. The van der Waals surface area contributed by atoms with Crippen LogP contribution in [0.5, 0.6) is 0 Å². The summed E-state index contributed by atoms with van der Waals surface area (Å²) < 4.78 is 0. The summed E-state index contributed by atoms with van der Waals surface area (Å²) >= 11 is 0. The Morgan fingerprint density at radius 1 is 1.08 bits per heavy atom. The molecule has 2 heterocycles. The number of nitrogens with zero attached hydrogens (tertiary/aromatic N) is 3. The van der Waals surface area contributed by atoms with Crippen molar-refractivity contribution in [2.24, 2.45) is 16.3 Å². The summed E-state index contributed by atoms with van der Waals surface area (Å²) in [5, 5.41) is 8.85. The molecule has 3 N–H and O–H groups in total. The minimum absolute atomic E-state index is 0.100. The van der Waals surface area contributed by atoms with Crippen LogP contribution in [0.3, 0.4) is 0 Å². The summed E-state index contributed by atoms with van der Waals surface area (Å²) in [6, 6.07) is 19.2. The topological polar surface area (TPSA) is 108 Å². The number of benzene rings is 2. The lowest BCUT2D eigenvalue weighted by atomic mass is 9.73. The molecule has 3 amide bonds. The van der Waals surface area contributed by atoms with E-state index in [0.717, 1.165) is 24.1 Å². The van der Waals surface area contributed by atoms with Gasteiger partial charge in [-0.15, -0.1) is 0 Å². The average molecular weight is 504 g/mol. The fourth-order valence-corrected chi connectivity index (χ4v) is 5.19. The first-order chi connectivity index (χ1) is 17.6. The molecule has 2 aliphatic rings. The normalized spacial score (nSPS) is 20.3. The first kappa shape index (κ1) is 26.5. The highest BCUT2D eigenvalue weighted by Gasteiger charge is 2.53. The third-order valence-electron chi connectivity index (χ3n) is 7.26. The van der Waals surface area contributed by atoms with Gasteiger partial charge in [-0.3, -0.25) is 14.4 Å². The quantitative estimate of drug-likeness (QED) is 0.548. The zero-order chi connectivity index (χ0) is 26.6. The number of aryl methyl sites for hydroxylation is 1. The van der Waals surface area contributed by atoms with E-state index < -0.39 is 17.0 Å². The van der Waals surface area contributed by atoms with Gasteiger partial charge in [-0.25, -0.2) is 5.01 Å². The molecule has 2 atom stereocenters. The molecule has 8 heteroatoms. The molecule has 0 spiro atoms. The van der Waals surface area contributed by atoms with Crippen LogP contribution in [0.15, 0.2) is 65.8 Å². The van der Waals surface area contributed by atoms with Gasteiger partial charge < -0.3 is 16.0 Å². The van der Waals surface area contributed by atoms with Gasteiger partial charge >= 0.3 is 0 Å². The molecule has 0 saturated carbocycles. The number of piperidine rings is 1. The lowest BCUT2D eigenvalue weighted by Crippen LogP contribution is -2.60. The van der Waals surface area contributed by atoms with E-state index in [1.165, 1.54) is 10.6 Å². The summed E-state index contributed by atoms with van der Waals surface area (Å²) in [6.07, 6.45) is 2.99. The van der Waals surface area contributed by atoms with Crippen molar-refractivity contribution < 1.29 is 14.4 Å². The standard InChI is InChI=1S/C29H37N5O3/c1-28(2,30)26(36)31-23(16-10-15-21-11-6-4-7-12-21)25(35)34-18-17-24-29(20-34,27(37)33(3)32-24)19-22-13-8-5-9-14-22/h4-9,11-14,23H,10,15-20,30H2,1-3H3,(H,31,36). The fraction of sp³-hybridized carbons (Fsp3) is 0.448. The molecule has 196 valence electrons. The van der Waals surface area contributed by atoms with Gasteiger partial charge in [0.25, 0.3) is 5.91 Å². The second-order valence-electron chi connectivity index (χ2n) is 10.8. The van der Waals surface area contributed by atoms with Crippen molar-refractivity contribution in [3.8, 4) is 0 Å². The number of hydrogen-bond acceptors (Lipinski definition) is 5. The van der Waals surface area contributed by atoms with Crippen LogP contribution >= 0.6 is 0 Å². The lowest BCUT2D eigenvalue weighted by Gasteiger charge is -2.41. The van der Waals surface area contributed by atoms with E-state index in [1.54, 1.807) is 25.8 Å². The summed E-state index contributed by atoms with van der Waals surface area (Å²) in [5.74, 6) is -0.656. The SMILES string of the molecule is CN1N=C2CCN(C(=O)C(CCCc3ccccc3)NC(=O)C(C)(C)N)CC2(Cc2ccccc2)C1=O. The maximum absolute atomic E-state index is 13.9. The Labute approximate surface area is 218 Å². The van der Waals surface area contributed by atoms with E-state index in [0.29, 0.717) is 25.8 Å². The van der Waals surface area contributed by atoms with Crippen LogP contribution in [0.2, 0.25) is 0 Å². The molecule has 37 heavy (non-hydrogen) atoms. The number of nitrogens with two attached hydrogens (primary N) is 1. The van der Waals surface area contributed by atoms with Crippen molar-refractivity contribution in [2.45, 2.75) is 57.5 Å². The molecule has 1 fully saturated rings. The molecule has 0 aliphatic carbocycles. The van der Waals surface area contributed by atoms with Crippen molar-refractivity contribution in [1.29, 1.82) is 0 Å². The Kier molecular flexibility index (Phi) is 7.78. The maximum atomic E-state index is 13.9. The van der Waals surface area contributed by atoms with Gasteiger partial charge in [0.15, 0.2) is 0 Å². The minimum atomic E-state index is -1.11. The first-order valence-corrected chi connectivity index (χ1v) is 12.9. The van der Waals surface area contributed by atoms with Gasteiger partial charge in [-0.2, -0.15) is 5.10 Å². The first-order valence-electron chi connectivity index (χ1n) is 12.9. The summed E-state index contributed by atoms with van der Waals surface area (Å²) in [7, 11) is 1.67. The second kappa shape index (κ2) is 10.8. The summed E-state index contributed by atoms with van der Waals surface area (Å²) in [6.45, 7) is 3.94. The Morgan fingerprint density at radius 2 is 1.70 bits per heavy atom. The zero-order valence-electron chi connectivity index (χ0n) is 21.9. The molecule has 8 nitrogen and oxygen atoms in total. The van der Waals surface area contributed by atoms with Gasteiger partial charge in [0.05, 0.1) is 11.3 Å². The second-order valence-corrected chi connectivity index (χ2v) is 10.8. The number of fused-ring (bicyclic) bond motifs is 1. The van der Waals surface area contributed by atoms with Crippen LogP contribution in [-0.2, 0) is 27.2 Å². The molecule has 2 aromatic carbocycles. The van der Waals surface area contributed by atoms with Gasteiger partial charge in [0, 0.05) is 26.6 Å². The average Bonchev–Trinajstić information content (AvgIpc) is 3.12. The highest BCUT2D eigenvalue weighted by molar-refractivity contribution is 6.13. The molecule has 2 aliphatic heterocycles. The highest BCUT2D eigenvalue weighted by Crippen LogP contribution is 2.38. The van der Waals surface area contributed by atoms with E-state index in [-0.39, 0.29) is 24.3 Å². The number of hydrazone groups is 1. The molecule has 2 unspecified atom stereocenters. The number of rotatable bonds is 9. The van der Waals surface area contributed by atoms with E-state index in [4.69, 9.17) is 5.73 Å². The predicted octanol–water partition coefficient (Wildman–Crippen LogP) is 2.52. The molecular formula is C29H37N5O3. The van der Waals surface area contributed by atoms with Gasteiger partial charge in [-0.05, 0) is 50.7 Å². The van der Waals surface area contributed by atoms with E-state index >= 15 is 0 Å². The lowest BCUT2D eigenvalue weighted by molar-refractivity contribution is -0.142. The Bertz CT molecular complexity index is 1160.